The first kappa shape index (κ1) is 24.8. The number of esters is 1. The predicted molar refractivity (Wildman–Crippen MR) is 115 cm³/mol. The van der Waals surface area contributed by atoms with Crippen LogP contribution in [0.5, 0.6) is 11.5 Å². The van der Waals surface area contributed by atoms with E-state index in [1.807, 2.05) is 41.5 Å². The van der Waals surface area contributed by atoms with Crippen LogP contribution in [-0.4, -0.2) is 48.2 Å². The van der Waals surface area contributed by atoms with Crippen molar-refractivity contribution >= 4 is 29.6 Å². The van der Waals surface area contributed by atoms with Gasteiger partial charge in [-0.2, -0.15) is 0 Å². The Hall–Kier alpha value is -2.21. The van der Waals surface area contributed by atoms with Crippen LogP contribution in [0.2, 0.25) is 5.02 Å². The first-order valence-corrected chi connectivity index (χ1v) is 10.1. The van der Waals surface area contributed by atoms with Gasteiger partial charge in [0, 0.05) is 18.2 Å². The highest BCUT2D eigenvalue weighted by atomic mass is 35.5. The van der Waals surface area contributed by atoms with Crippen LogP contribution in [0.25, 0.3) is 6.08 Å². The Labute approximate surface area is 178 Å². The second-order valence-electron chi connectivity index (χ2n) is 7.55. The van der Waals surface area contributed by atoms with Gasteiger partial charge in [0.05, 0.1) is 18.2 Å². The number of ether oxygens (including phenoxy) is 3. The summed E-state index contributed by atoms with van der Waals surface area (Å²) in [6.45, 7) is 13.1. The number of carbonyl (C=O) groups excluding carboxylic acids is 2. The van der Waals surface area contributed by atoms with E-state index in [0.717, 1.165) is 0 Å². The van der Waals surface area contributed by atoms with E-state index in [1.165, 1.54) is 13.2 Å². The van der Waals surface area contributed by atoms with E-state index >= 15 is 0 Å². The molecule has 0 spiro atoms. The molecule has 0 heterocycles. The lowest BCUT2D eigenvalue weighted by atomic mass is 10.2. The highest BCUT2D eigenvalue weighted by Crippen LogP contribution is 2.37. The Morgan fingerprint density at radius 3 is 2.10 bits per heavy atom. The molecule has 162 valence electrons. The second-order valence-corrected chi connectivity index (χ2v) is 7.95. The first-order valence-electron chi connectivity index (χ1n) is 9.72. The molecule has 7 heteroatoms. The minimum atomic E-state index is -0.878. The fourth-order valence-corrected chi connectivity index (χ4v) is 3.19. The molecule has 0 bridgehead atoms. The molecular formula is C22H32ClNO5. The standard InChI is InChI=1S/C22H32ClNO5/c1-13(2)24(14(3)4)22(26)16(7)29-20(25)10-9-17-11-18(23)21(28-15(5)6)19(12-17)27-8/h9-16H,1-8H3/b10-9+/t16-/m1/s1. The van der Waals surface area contributed by atoms with Crippen molar-refractivity contribution < 1.29 is 23.8 Å². The van der Waals surface area contributed by atoms with Crippen molar-refractivity contribution in [3.05, 3.63) is 28.8 Å². The van der Waals surface area contributed by atoms with Gasteiger partial charge in [-0.1, -0.05) is 11.6 Å². The number of methoxy groups -OCH3 is 1. The maximum Gasteiger partial charge on any atom is 0.331 e. The average molecular weight is 426 g/mol. The number of halogens is 1. The zero-order valence-electron chi connectivity index (χ0n) is 18.5. The van der Waals surface area contributed by atoms with Crippen molar-refractivity contribution in [2.45, 2.75) is 72.8 Å². The van der Waals surface area contributed by atoms with Gasteiger partial charge in [0.1, 0.15) is 0 Å². The molecule has 0 aromatic heterocycles. The van der Waals surface area contributed by atoms with Crippen LogP contribution in [0, 0.1) is 0 Å². The fourth-order valence-electron chi connectivity index (χ4n) is 2.93. The molecule has 29 heavy (non-hydrogen) atoms. The average Bonchev–Trinajstić information content (AvgIpc) is 2.60. The van der Waals surface area contributed by atoms with E-state index in [4.69, 9.17) is 25.8 Å². The Morgan fingerprint density at radius 1 is 1.03 bits per heavy atom. The van der Waals surface area contributed by atoms with Gasteiger partial charge < -0.3 is 19.1 Å². The summed E-state index contributed by atoms with van der Waals surface area (Å²) in [6, 6.07) is 3.40. The monoisotopic (exact) mass is 425 g/mol. The van der Waals surface area contributed by atoms with Crippen molar-refractivity contribution in [1.29, 1.82) is 0 Å². The lowest BCUT2D eigenvalue weighted by molar-refractivity contribution is -0.157. The van der Waals surface area contributed by atoms with E-state index < -0.39 is 12.1 Å². The van der Waals surface area contributed by atoms with Crippen LogP contribution >= 0.6 is 11.6 Å². The summed E-state index contributed by atoms with van der Waals surface area (Å²) in [7, 11) is 1.52. The largest absolute Gasteiger partial charge is 0.493 e. The molecule has 1 atom stereocenters. The van der Waals surface area contributed by atoms with Crippen molar-refractivity contribution in [3.63, 3.8) is 0 Å². The van der Waals surface area contributed by atoms with Gasteiger partial charge >= 0.3 is 5.97 Å². The van der Waals surface area contributed by atoms with E-state index in [-0.39, 0.29) is 24.1 Å². The van der Waals surface area contributed by atoms with Gasteiger partial charge in [0.2, 0.25) is 0 Å². The van der Waals surface area contributed by atoms with Gasteiger partial charge in [-0.25, -0.2) is 4.79 Å². The molecule has 1 amide bonds. The normalized spacial score (nSPS) is 12.6. The number of nitrogens with zero attached hydrogens (tertiary/aromatic N) is 1. The van der Waals surface area contributed by atoms with Gasteiger partial charge in [0.15, 0.2) is 17.6 Å². The summed E-state index contributed by atoms with van der Waals surface area (Å²) in [5, 5.41) is 0.374. The SMILES string of the molecule is COc1cc(/C=C/C(=O)O[C@H](C)C(=O)N(C(C)C)C(C)C)cc(Cl)c1OC(C)C. The number of hydrogen-bond donors (Lipinski definition) is 0. The molecular weight excluding hydrogens is 394 g/mol. The van der Waals surface area contributed by atoms with Crippen LogP contribution in [-0.2, 0) is 14.3 Å². The van der Waals surface area contributed by atoms with Gasteiger partial charge in [-0.15, -0.1) is 0 Å². The summed E-state index contributed by atoms with van der Waals surface area (Å²) < 4.78 is 16.3. The number of carbonyl (C=O) groups is 2. The van der Waals surface area contributed by atoms with E-state index in [1.54, 1.807) is 30.0 Å². The quantitative estimate of drug-likeness (QED) is 0.423. The maximum absolute atomic E-state index is 12.6. The smallest absolute Gasteiger partial charge is 0.331 e. The molecule has 0 aliphatic heterocycles. The zero-order chi connectivity index (χ0) is 22.3. The Balaban J connectivity index is 2.89. The molecule has 0 saturated carbocycles. The van der Waals surface area contributed by atoms with Crippen LogP contribution in [0.15, 0.2) is 18.2 Å². The molecule has 0 fully saturated rings. The van der Waals surface area contributed by atoms with Crippen molar-refractivity contribution in [3.8, 4) is 11.5 Å². The van der Waals surface area contributed by atoms with Gasteiger partial charge in [-0.3, -0.25) is 4.79 Å². The molecule has 6 nitrogen and oxygen atoms in total. The zero-order valence-corrected chi connectivity index (χ0v) is 19.2. The fraction of sp³-hybridized carbons (Fsp3) is 0.545. The molecule has 0 saturated heterocycles. The van der Waals surface area contributed by atoms with Gasteiger partial charge in [0.25, 0.3) is 5.91 Å². The third-order valence-electron chi connectivity index (χ3n) is 4.03. The van der Waals surface area contributed by atoms with Crippen molar-refractivity contribution in [2.24, 2.45) is 0 Å². The Kier molecular flexibility index (Phi) is 9.50. The summed E-state index contributed by atoms with van der Waals surface area (Å²) in [5.41, 5.74) is 0.643. The van der Waals surface area contributed by atoms with Crippen molar-refractivity contribution in [2.75, 3.05) is 7.11 Å². The lowest BCUT2D eigenvalue weighted by Gasteiger charge is -2.32. The third-order valence-corrected chi connectivity index (χ3v) is 4.31. The van der Waals surface area contributed by atoms with E-state index in [0.29, 0.717) is 22.1 Å². The number of benzene rings is 1. The molecule has 0 radical (unpaired) electrons. The van der Waals surface area contributed by atoms with Crippen LogP contribution in [0.3, 0.4) is 0 Å². The minimum Gasteiger partial charge on any atom is -0.493 e. The number of rotatable bonds is 9. The highest BCUT2D eigenvalue weighted by molar-refractivity contribution is 6.32. The third kappa shape index (κ3) is 7.28. The minimum absolute atomic E-state index is 0.0142. The van der Waals surface area contributed by atoms with Crippen LogP contribution in [0.1, 0.15) is 54.0 Å². The molecule has 0 aliphatic rings. The predicted octanol–water partition coefficient (Wildman–Crippen LogP) is 4.73. The summed E-state index contributed by atoms with van der Waals surface area (Å²) in [5.74, 6) is 0.0744. The van der Waals surface area contributed by atoms with E-state index in [9.17, 15) is 9.59 Å². The Bertz CT molecular complexity index is 735. The Morgan fingerprint density at radius 2 is 1.62 bits per heavy atom. The van der Waals surface area contributed by atoms with E-state index in [2.05, 4.69) is 0 Å². The molecule has 0 aliphatic carbocycles. The van der Waals surface area contributed by atoms with Gasteiger partial charge in [-0.05, 0) is 72.2 Å². The highest BCUT2D eigenvalue weighted by Gasteiger charge is 2.27. The molecule has 0 unspecified atom stereocenters. The summed E-state index contributed by atoms with van der Waals surface area (Å²) in [4.78, 5) is 26.4. The molecule has 1 aromatic rings. The molecule has 0 N–H and O–H groups in total. The molecule has 1 aromatic carbocycles. The number of amides is 1. The van der Waals surface area contributed by atoms with Crippen LogP contribution < -0.4 is 9.47 Å². The molecule has 1 rings (SSSR count). The first-order chi connectivity index (χ1) is 13.5. The number of hydrogen-bond acceptors (Lipinski definition) is 5. The summed E-state index contributed by atoms with van der Waals surface area (Å²) >= 11 is 6.29. The lowest BCUT2D eigenvalue weighted by Crippen LogP contribution is -2.47. The topological polar surface area (TPSA) is 65.1 Å². The maximum atomic E-state index is 12.6. The van der Waals surface area contributed by atoms with Crippen LogP contribution in [0.4, 0.5) is 0 Å². The van der Waals surface area contributed by atoms with Crippen molar-refractivity contribution in [1.82, 2.24) is 4.90 Å². The second kappa shape index (κ2) is 11.1. The summed E-state index contributed by atoms with van der Waals surface area (Å²) in [6.07, 6.45) is 1.87.